The molecule has 1 aliphatic carbocycles. The predicted octanol–water partition coefficient (Wildman–Crippen LogP) is 2.78. The van der Waals surface area contributed by atoms with E-state index in [0.717, 1.165) is 37.4 Å². The Balaban J connectivity index is 2.63. The molecule has 1 aliphatic rings. The van der Waals surface area contributed by atoms with Gasteiger partial charge in [0.2, 0.25) is 5.91 Å². The van der Waals surface area contributed by atoms with Gasteiger partial charge in [-0.1, -0.05) is 52.3 Å². The van der Waals surface area contributed by atoms with Gasteiger partial charge >= 0.3 is 5.97 Å². The van der Waals surface area contributed by atoms with E-state index in [1.54, 1.807) is 6.92 Å². The lowest BCUT2D eigenvalue weighted by Crippen LogP contribution is -2.45. The molecule has 0 aliphatic heterocycles. The van der Waals surface area contributed by atoms with E-state index in [-0.39, 0.29) is 29.5 Å². The van der Waals surface area contributed by atoms with Gasteiger partial charge in [-0.25, -0.2) is 0 Å². The summed E-state index contributed by atoms with van der Waals surface area (Å²) in [6, 6.07) is 0.0365. The quantitative estimate of drug-likeness (QED) is 0.811. The number of hydrogen-bond acceptors (Lipinski definition) is 4. The zero-order valence-electron chi connectivity index (χ0n) is 13.9. The first-order chi connectivity index (χ1) is 10.1. The molecule has 0 saturated heterocycles. The zero-order chi connectivity index (χ0) is 16.9. The molecular weight excluding hydrogens is 302 g/mol. The molecule has 0 radical (unpaired) electrons. The van der Waals surface area contributed by atoms with Gasteiger partial charge in [0.1, 0.15) is 6.54 Å². The van der Waals surface area contributed by atoms with Crippen molar-refractivity contribution in [3.63, 3.8) is 0 Å². The van der Waals surface area contributed by atoms with Gasteiger partial charge in [0.15, 0.2) is 5.12 Å². The molecule has 0 unspecified atom stereocenters. The van der Waals surface area contributed by atoms with Crippen molar-refractivity contribution >= 4 is 28.8 Å². The first kappa shape index (κ1) is 19.0. The van der Waals surface area contributed by atoms with Gasteiger partial charge in [0.05, 0.1) is 0 Å². The van der Waals surface area contributed by atoms with Crippen molar-refractivity contribution in [2.75, 3.05) is 12.3 Å². The number of amides is 1. The van der Waals surface area contributed by atoms with E-state index in [0.29, 0.717) is 5.75 Å². The Morgan fingerprint density at radius 1 is 1.23 bits per heavy atom. The van der Waals surface area contributed by atoms with Gasteiger partial charge in [-0.2, -0.15) is 0 Å². The van der Waals surface area contributed by atoms with E-state index in [1.165, 1.54) is 4.90 Å². The third kappa shape index (κ3) is 5.63. The summed E-state index contributed by atoms with van der Waals surface area (Å²) in [7, 11) is 0. The van der Waals surface area contributed by atoms with Crippen LogP contribution in [0.1, 0.15) is 53.4 Å². The molecule has 0 bridgehead atoms. The van der Waals surface area contributed by atoms with Crippen molar-refractivity contribution < 1.29 is 19.5 Å². The number of carboxylic acid groups (broad SMARTS) is 1. The summed E-state index contributed by atoms with van der Waals surface area (Å²) in [4.78, 5) is 37.0. The van der Waals surface area contributed by atoms with Crippen molar-refractivity contribution in [2.45, 2.75) is 59.4 Å². The molecule has 22 heavy (non-hydrogen) atoms. The molecule has 0 aromatic carbocycles. The molecule has 5 nitrogen and oxygen atoms in total. The fourth-order valence-electron chi connectivity index (χ4n) is 2.52. The van der Waals surface area contributed by atoms with E-state index in [9.17, 15) is 14.4 Å². The molecule has 6 heteroatoms. The van der Waals surface area contributed by atoms with E-state index in [1.807, 2.05) is 20.8 Å². The van der Waals surface area contributed by atoms with Gasteiger partial charge in [-0.3, -0.25) is 14.4 Å². The minimum absolute atomic E-state index is 0.0365. The minimum Gasteiger partial charge on any atom is -0.480 e. The molecule has 0 heterocycles. The Bertz CT molecular complexity index is 424. The molecule has 0 aromatic rings. The van der Waals surface area contributed by atoms with Crippen LogP contribution >= 0.6 is 11.8 Å². The molecule has 0 aromatic heterocycles. The smallest absolute Gasteiger partial charge is 0.323 e. The summed E-state index contributed by atoms with van der Waals surface area (Å²) in [5, 5.41) is 9.10. The van der Waals surface area contributed by atoms with Crippen molar-refractivity contribution in [1.82, 2.24) is 4.90 Å². The molecule has 126 valence electrons. The van der Waals surface area contributed by atoms with Gasteiger partial charge in [0.25, 0.3) is 0 Å². The van der Waals surface area contributed by atoms with Crippen LogP contribution in [0.4, 0.5) is 0 Å². The van der Waals surface area contributed by atoms with Crippen LogP contribution in [-0.2, 0) is 14.4 Å². The largest absolute Gasteiger partial charge is 0.480 e. The number of carboxylic acids is 1. The number of carbonyl (C=O) groups excluding carboxylic acids is 2. The van der Waals surface area contributed by atoms with Crippen LogP contribution in [0.25, 0.3) is 0 Å². The Labute approximate surface area is 136 Å². The Morgan fingerprint density at radius 2 is 1.77 bits per heavy atom. The fourth-order valence-corrected chi connectivity index (χ4v) is 3.50. The SMILES string of the molecule is C[C@H](CSC(=O)C(C)(C)C)C(=O)N(CC(=O)O)C1CCCC1. The van der Waals surface area contributed by atoms with Gasteiger partial charge in [0, 0.05) is 23.1 Å². The van der Waals surface area contributed by atoms with Crippen molar-refractivity contribution in [1.29, 1.82) is 0 Å². The summed E-state index contributed by atoms with van der Waals surface area (Å²) >= 11 is 1.16. The Morgan fingerprint density at radius 3 is 2.23 bits per heavy atom. The van der Waals surface area contributed by atoms with Crippen molar-refractivity contribution in [3.05, 3.63) is 0 Å². The molecule has 1 atom stereocenters. The molecule has 1 N–H and O–H groups in total. The van der Waals surface area contributed by atoms with E-state index < -0.39 is 11.4 Å². The minimum atomic E-state index is -0.981. The number of rotatable bonds is 6. The van der Waals surface area contributed by atoms with Crippen LogP contribution in [0.2, 0.25) is 0 Å². The van der Waals surface area contributed by atoms with Crippen LogP contribution in [0.5, 0.6) is 0 Å². The molecule has 0 spiro atoms. The van der Waals surface area contributed by atoms with E-state index >= 15 is 0 Å². The highest BCUT2D eigenvalue weighted by molar-refractivity contribution is 8.13. The van der Waals surface area contributed by atoms with E-state index in [4.69, 9.17) is 5.11 Å². The van der Waals surface area contributed by atoms with Crippen LogP contribution in [0.3, 0.4) is 0 Å². The first-order valence-corrected chi connectivity index (χ1v) is 8.81. The normalized spacial score (nSPS) is 17.3. The molecule has 1 saturated carbocycles. The Hall–Kier alpha value is -1.04. The average molecular weight is 329 g/mol. The van der Waals surface area contributed by atoms with Gasteiger partial charge in [-0.05, 0) is 12.8 Å². The van der Waals surface area contributed by atoms with Crippen LogP contribution in [-0.4, -0.2) is 45.3 Å². The third-order valence-corrected chi connectivity index (χ3v) is 5.39. The number of aliphatic carboxylic acids is 1. The summed E-state index contributed by atoms with van der Waals surface area (Å²) in [6.07, 6.45) is 3.83. The topological polar surface area (TPSA) is 74.7 Å². The second-order valence-corrected chi connectivity index (χ2v) is 8.04. The lowest BCUT2D eigenvalue weighted by molar-refractivity contribution is -0.147. The van der Waals surface area contributed by atoms with E-state index in [2.05, 4.69) is 0 Å². The summed E-state index contributed by atoms with van der Waals surface area (Å²) in [5.41, 5.74) is -0.431. The summed E-state index contributed by atoms with van der Waals surface area (Å²) in [5.74, 6) is -1.08. The molecule has 1 rings (SSSR count). The second-order valence-electron chi connectivity index (χ2n) is 7.05. The van der Waals surface area contributed by atoms with Crippen molar-refractivity contribution in [3.8, 4) is 0 Å². The maximum atomic E-state index is 12.6. The molecular formula is C16H27NO4S. The lowest BCUT2D eigenvalue weighted by Gasteiger charge is -2.30. The summed E-state index contributed by atoms with van der Waals surface area (Å²) in [6.45, 7) is 7.08. The standard InChI is InChI=1S/C16H27NO4S/c1-11(10-22-15(21)16(2,3)4)14(20)17(9-13(18)19)12-7-5-6-8-12/h11-12H,5-10H2,1-4H3,(H,18,19)/t11-/m1/s1. The highest BCUT2D eigenvalue weighted by atomic mass is 32.2. The average Bonchev–Trinajstić information content (AvgIpc) is 2.93. The maximum absolute atomic E-state index is 12.6. The van der Waals surface area contributed by atoms with Gasteiger partial charge in [-0.15, -0.1) is 0 Å². The lowest BCUT2D eigenvalue weighted by atomic mass is 10.00. The molecule has 1 amide bonds. The number of hydrogen-bond donors (Lipinski definition) is 1. The number of nitrogens with zero attached hydrogens (tertiary/aromatic N) is 1. The van der Waals surface area contributed by atoms with Crippen molar-refractivity contribution in [2.24, 2.45) is 11.3 Å². The highest BCUT2D eigenvalue weighted by Crippen LogP contribution is 2.27. The first-order valence-electron chi connectivity index (χ1n) is 7.82. The third-order valence-electron chi connectivity index (χ3n) is 3.85. The fraction of sp³-hybridized carbons (Fsp3) is 0.812. The number of thioether (sulfide) groups is 1. The predicted molar refractivity (Wildman–Crippen MR) is 87.7 cm³/mol. The van der Waals surface area contributed by atoms with Crippen LogP contribution in [0, 0.1) is 11.3 Å². The molecule has 1 fully saturated rings. The monoisotopic (exact) mass is 329 g/mol. The number of carbonyl (C=O) groups is 3. The highest BCUT2D eigenvalue weighted by Gasteiger charge is 2.32. The summed E-state index contributed by atoms with van der Waals surface area (Å²) < 4.78 is 0. The maximum Gasteiger partial charge on any atom is 0.323 e. The Kier molecular flexibility index (Phi) is 6.91. The van der Waals surface area contributed by atoms with Crippen LogP contribution < -0.4 is 0 Å². The van der Waals surface area contributed by atoms with Gasteiger partial charge < -0.3 is 10.0 Å². The second kappa shape index (κ2) is 7.99. The zero-order valence-corrected chi connectivity index (χ0v) is 14.7. The van der Waals surface area contributed by atoms with Crippen LogP contribution in [0.15, 0.2) is 0 Å².